The number of carbonyl (C=O) groups is 1. The molecule has 0 amide bonds. The zero-order chi connectivity index (χ0) is 21.5. The van der Waals surface area contributed by atoms with Crippen molar-refractivity contribution in [2.45, 2.75) is 32.7 Å². The first-order valence-electron chi connectivity index (χ1n) is 11.4. The molecule has 6 nitrogen and oxygen atoms in total. The molecule has 0 N–H and O–H groups in total. The van der Waals surface area contributed by atoms with Crippen LogP contribution in [0, 0.1) is 0 Å². The van der Waals surface area contributed by atoms with Gasteiger partial charge in [0.15, 0.2) is 0 Å². The second-order valence-electron chi connectivity index (χ2n) is 8.08. The Labute approximate surface area is 184 Å². The molecule has 0 saturated carbocycles. The fraction of sp³-hybridized carbons (Fsp3) is 0.440. The van der Waals surface area contributed by atoms with E-state index >= 15 is 0 Å². The Morgan fingerprint density at radius 1 is 1.03 bits per heavy atom. The van der Waals surface area contributed by atoms with Gasteiger partial charge in [0, 0.05) is 49.5 Å². The van der Waals surface area contributed by atoms with Gasteiger partial charge in [0.2, 0.25) is 0 Å². The molecule has 0 radical (unpaired) electrons. The number of unbranched alkanes of at least 4 members (excludes halogenated alkanes) is 1. The Hall–Kier alpha value is -2.86. The van der Waals surface area contributed by atoms with E-state index in [2.05, 4.69) is 51.3 Å². The number of hydrogen-bond donors (Lipinski definition) is 0. The van der Waals surface area contributed by atoms with Gasteiger partial charge in [-0.15, -0.1) is 0 Å². The number of esters is 1. The SMILES string of the molecule is CCOC(=O)Cn1cc(CCCCN2CCN(c3ccccn3)CC2)c2ccccc21. The number of ether oxygens (including phenoxy) is 1. The van der Waals surface area contributed by atoms with Crippen LogP contribution in [-0.4, -0.2) is 59.8 Å². The summed E-state index contributed by atoms with van der Waals surface area (Å²) in [6.45, 7) is 7.94. The topological polar surface area (TPSA) is 50.6 Å². The van der Waals surface area contributed by atoms with Crippen LogP contribution in [0.5, 0.6) is 0 Å². The number of nitrogens with zero attached hydrogens (tertiary/aromatic N) is 4. The van der Waals surface area contributed by atoms with E-state index in [9.17, 15) is 4.79 Å². The van der Waals surface area contributed by atoms with Gasteiger partial charge in [-0.25, -0.2) is 4.98 Å². The number of rotatable bonds is 9. The number of fused-ring (bicyclic) bond motifs is 1. The van der Waals surface area contributed by atoms with Gasteiger partial charge in [-0.1, -0.05) is 24.3 Å². The molecule has 0 aliphatic carbocycles. The third kappa shape index (κ3) is 5.44. The van der Waals surface area contributed by atoms with Crippen LogP contribution in [0.2, 0.25) is 0 Å². The van der Waals surface area contributed by atoms with Crippen molar-refractivity contribution in [3.8, 4) is 0 Å². The van der Waals surface area contributed by atoms with Crippen LogP contribution in [0.1, 0.15) is 25.3 Å². The smallest absolute Gasteiger partial charge is 0.325 e. The number of piperazine rings is 1. The molecule has 4 rings (SSSR count). The molecule has 1 aliphatic rings. The number of hydrogen-bond acceptors (Lipinski definition) is 5. The van der Waals surface area contributed by atoms with Crippen LogP contribution in [0.25, 0.3) is 10.9 Å². The van der Waals surface area contributed by atoms with E-state index in [1.54, 1.807) is 0 Å². The zero-order valence-electron chi connectivity index (χ0n) is 18.4. The lowest BCUT2D eigenvalue weighted by molar-refractivity contribution is -0.143. The van der Waals surface area contributed by atoms with Crippen LogP contribution in [0.15, 0.2) is 54.9 Å². The monoisotopic (exact) mass is 420 g/mol. The van der Waals surface area contributed by atoms with E-state index in [1.807, 2.05) is 29.8 Å². The van der Waals surface area contributed by atoms with Crippen molar-refractivity contribution in [1.29, 1.82) is 0 Å². The molecule has 1 aromatic carbocycles. The second kappa shape index (κ2) is 10.4. The van der Waals surface area contributed by atoms with Gasteiger partial charge in [-0.3, -0.25) is 9.69 Å². The maximum absolute atomic E-state index is 12.0. The summed E-state index contributed by atoms with van der Waals surface area (Å²) in [7, 11) is 0. The van der Waals surface area contributed by atoms with Gasteiger partial charge in [-0.2, -0.15) is 0 Å². The van der Waals surface area contributed by atoms with Crippen molar-refractivity contribution in [2.24, 2.45) is 0 Å². The number of aryl methyl sites for hydroxylation is 1. The predicted molar refractivity (Wildman–Crippen MR) is 124 cm³/mol. The third-order valence-electron chi connectivity index (χ3n) is 5.99. The maximum Gasteiger partial charge on any atom is 0.325 e. The van der Waals surface area contributed by atoms with Gasteiger partial charge in [-0.05, 0) is 56.5 Å². The average Bonchev–Trinajstić information content (AvgIpc) is 3.15. The molecule has 1 aliphatic heterocycles. The van der Waals surface area contributed by atoms with E-state index in [0.717, 1.165) is 56.9 Å². The fourth-order valence-electron chi connectivity index (χ4n) is 4.39. The normalized spacial score (nSPS) is 14.8. The lowest BCUT2D eigenvalue weighted by atomic mass is 10.1. The number of carbonyl (C=O) groups excluding carboxylic acids is 1. The summed E-state index contributed by atoms with van der Waals surface area (Å²) < 4.78 is 7.16. The van der Waals surface area contributed by atoms with E-state index in [1.165, 1.54) is 17.4 Å². The lowest BCUT2D eigenvalue weighted by Gasteiger charge is -2.35. The molecule has 0 spiro atoms. The van der Waals surface area contributed by atoms with Crippen molar-refractivity contribution in [1.82, 2.24) is 14.5 Å². The Balaban J connectivity index is 1.26. The largest absolute Gasteiger partial charge is 0.465 e. The Morgan fingerprint density at radius 3 is 2.61 bits per heavy atom. The molecule has 2 aromatic heterocycles. The van der Waals surface area contributed by atoms with Gasteiger partial charge < -0.3 is 14.2 Å². The molecule has 1 saturated heterocycles. The molecule has 31 heavy (non-hydrogen) atoms. The summed E-state index contributed by atoms with van der Waals surface area (Å²) in [5.74, 6) is 0.904. The first-order chi connectivity index (χ1) is 15.2. The molecule has 0 atom stereocenters. The Morgan fingerprint density at radius 2 is 1.84 bits per heavy atom. The molecule has 6 heteroatoms. The number of para-hydroxylation sites is 1. The molecule has 3 heterocycles. The van der Waals surface area contributed by atoms with Crippen molar-refractivity contribution >= 4 is 22.7 Å². The van der Waals surface area contributed by atoms with Gasteiger partial charge in [0.1, 0.15) is 12.4 Å². The Bertz CT molecular complexity index is 978. The molecule has 3 aromatic rings. The van der Waals surface area contributed by atoms with Crippen LogP contribution in [0.4, 0.5) is 5.82 Å². The van der Waals surface area contributed by atoms with E-state index in [4.69, 9.17) is 4.74 Å². The second-order valence-corrected chi connectivity index (χ2v) is 8.08. The summed E-state index contributed by atoms with van der Waals surface area (Å²) in [5, 5.41) is 1.25. The molecular formula is C25H32N4O2. The zero-order valence-corrected chi connectivity index (χ0v) is 18.4. The first kappa shape index (κ1) is 21.4. The number of benzene rings is 1. The van der Waals surface area contributed by atoms with E-state index < -0.39 is 0 Å². The highest BCUT2D eigenvalue weighted by atomic mass is 16.5. The minimum atomic E-state index is -0.181. The summed E-state index contributed by atoms with van der Waals surface area (Å²) in [5.41, 5.74) is 2.43. The highest BCUT2D eigenvalue weighted by Gasteiger charge is 2.17. The van der Waals surface area contributed by atoms with Gasteiger partial charge in [0.25, 0.3) is 0 Å². The summed E-state index contributed by atoms with van der Waals surface area (Å²) in [6, 6.07) is 14.4. The molecular weight excluding hydrogens is 388 g/mol. The average molecular weight is 421 g/mol. The lowest BCUT2D eigenvalue weighted by Crippen LogP contribution is -2.46. The standard InChI is InChI=1S/C25H32N4O2/c1-2-31-25(30)20-29-19-21(22-10-3-4-11-23(22)29)9-6-8-14-27-15-17-28(18-16-27)24-12-5-7-13-26-24/h3-5,7,10-13,19H,2,6,8-9,14-18,20H2,1H3. The highest BCUT2D eigenvalue weighted by Crippen LogP contribution is 2.23. The molecule has 164 valence electrons. The van der Waals surface area contributed by atoms with Crippen molar-refractivity contribution in [2.75, 3.05) is 44.2 Å². The fourth-order valence-corrected chi connectivity index (χ4v) is 4.39. The molecule has 1 fully saturated rings. The van der Waals surface area contributed by atoms with Crippen LogP contribution < -0.4 is 4.90 Å². The van der Waals surface area contributed by atoms with Gasteiger partial charge >= 0.3 is 5.97 Å². The number of anilines is 1. The number of aromatic nitrogens is 2. The number of pyridine rings is 1. The first-order valence-corrected chi connectivity index (χ1v) is 11.4. The third-order valence-corrected chi connectivity index (χ3v) is 5.99. The van der Waals surface area contributed by atoms with E-state index in [-0.39, 0.29) is 12.5 Å². The van der Waals surface area contributed by atoms with Crippen LogP contribution in [-0.2, 0) is 22.5 Å². The van der Waals surface area contributed by atoms with Crippen LogP contribution in [0.3, 0.4) is 0 Å². The molecule has 0 unspecified atom stereocenters. The summed E-state index contributed by atoms with van der Waals surface area (Å²) in [6.07, 6.45) is 7.36. The predicted octanol–water partition coefficient (Wildman–Crippen LogP) is 3.74. The minimum Gasteiger partial charge on any atom is -0.465 e. The van der Waals surface area contributed by atoms with E-state index in [0.29, 0.717) is 6.61 Å². The van der Waals surface area contributed by atoms with Crippen molar-refractivity contribution < 1.29 is 9.53 Å². The highest BCUT2D eigenvalue weighted by molar-refractivity contribution is 5.85. The Kier molecular flexibility index (Phi) is 7.20. The maximum atomic E-state index is 12.0. The summed E-state index contributed by atoms with van der Waals surface area (Å²) >= 11 is 0. The molecule has 0 bridgehead atoms. The van der Waals surface area contributed by atoms with Crippen molar-refractivity contribution in [3.63, 3.8) is 0 Å². The minimum absolute atomic E-state index is 0.181. The van der Waals surface area contributed by atoms with Gasteiger partial charge in [0.05, 0.1) is 6.61 Å². The van der Waals surface area contributed by atoms with Crippen LogP contribution >= 0.6 is 0 Å². The quantitative estimate of drug-likeness (QED) is 0.390. The van der Waals surface area contributed by atoms with Crippen molar-refractivity contribution in [3.05, 3.63) is 60.4 Å². The summed E-state index contributed by atoms with van der Waals surface area (Å²) in [4.78, 5) is 21.4.